The number of carbonyl (C=O) groups is 3. The Morgan fingerprint density at radius 3 is 2.32 bits per heavy atom. The van der Waals surface area contributed by atoms with E-state index in [0.29, 0.717) is 11.3 Å². The van der Waals surface area contributed by atoms with E-state index in [-0.39, 0.29) is 23.2 Å². The van der Waals surface area contributed by atoms with Crippen molar-refractivity contribution in [3.8, 4) is 17.3 Å². The maximum atomic E-state index is 11.9. The van der Waals surface area contributed by atoms with Crippen molar-refractivity contribution >= 4 is 23.5 Å². The van der Waals surface area contributed by atoms with Crippen molar-refractivity contribution in [3.05, 3.63) is 36.0 Å². The topological polar surface area (TPSA) is 142 Å². The van der Waals surface area contributed by atoms with Crippen LogP contribution in [0, 0.1) is 0 Å². The molecule has 1 aromatic carbocycles. The Morgan fingerprint density at radius 1 is 1.16 bits per heavy atom. The molecule has 25 heavy (non-hydrogen) atoms. The number of nitrogens with one attached hydrogen (secondary N) is 2. The van der Waals surface area contributed by atoms with Gasteiger partial charge in [-0.1, -0.05) is 0 Å². The van der Waals surface area contributed by atoms with Gasteiger partial charge in [0.05, 0.1) is 0 Å². The number of carboxylic acids is 1. The number of carbonyl (C=O) groups excluding carboxylic acids is 2. The zero-order valence-electron chi connectivity index (χ0n) is 13.5. The van der Waals surface area contributed by atoms with Gasteiger partial charge in [0.2, 0.25) is 17.7 Å². The average molecular weight is 344 g/mol. The van der Waals surface area contributed by atoms with E-state index >= 15 is 0 Å². The molecule has 1 atom stereocenters. The summed E-state index contributed by atoms with van der Waals surface area (Å²) in [5, 5.41) is 23.6. The maximum absolute atomic E-state index is 11.9. The van der Waals surface area contributed by atoms with Crippen molar-refractivity contribution < 1.29 is 24.6 Å². The quantitative estimate of drug-likeness (QED) is 0.634. The molecule has 2 aromatic rings. The summed E-state index contributed by atoms with van der Waals surface area (Å²) in [7, 11) is 0. The summed E-state index contributed by atoms with van der Waals surface area (Å²) in [6, 6.07) is 5.72. The molecule has 130 valence electrons. The minimum atomic E-state index is -1.32. The van der Waals surface area contributed by atoms with Crippen LogP contribution in [-0.4, -0.2) is 44.0 Å². The van der Waals surface area contributed by atoms with Gasteiger partial charge in [-0.3, -0.25) is 9.59 Å². The average Bonchev–Trinajstić information content (AvgIpc) is 2.54. The second-order valence-electron chi connectivity index (χ2n) is 5.22. The highest BCUT2D eigenvalue weighted by molar-refractivity contribution is 5.96. The van der Waals surface area contributed by atoms with Crippen LogP contribution in [0.4, 0.5) is 5.69 Å². The van der Waals surface area contributed by atoms with Crippen molar-refractivity contribution in [2.75, 3.05) is 5.32 Å². The van der Waals surface area contributed by atoms with Crippen LogP contribution in [0.1, 0.15) is 24.2 Å². The van der Waals surface area contributed by atoms with E-state index in [1.165, 1.54) is 6.92 Å². The minimum absolute atomic E-state index is 0.145. The highest BCUT2D eigenvalue weighted by Gasteiger charge is 2.15. The third-order valence-corrected chi connectivity index (χ3v) is 3.22. The van der Waals surface area contributed by atoms with E-state index in [2.05, 4.69) is 20.6 Å². The van der Waals surface area contributed by atoms with Crippen LogP contribution in [0.15, 0.2) is 30.5 Å². The Hall–Kier alpha value is -3.49. The summed E-state index contributed by atoms with van der Waals surface area (Å²) in [5.74, 6) is -2.48. The molecule has 9 heteroatoms. The van der Waals surface area contributed by atoms with Crippen molar-refractivity contribution in [1.82, 2.24) is 15.3 Å². The first kappa shape index (κ1) is 17.9. The van der Waals surface area contributed by atoms with E-state index in [1.54, 1.807) is 31.2 Å². The van der Waals surface area contributed by atoms with Gasteiger partial charge >= 0.3 is 5.97 Å². The molecule has 0 aliphatic carbocycles. The summed E-state index contributed by atoms with van der Waals surface area (Å²) in [5.41, 5.74) is 0.636. The van der Waals surface area contributed by atoms with Crippen molar-refractivity contribution in [2.45, 2.75) is 19.9 Å². The SMILES string of the molecule is CC(=O)N[C@@H](C)C(=O)Nc1ccc(-c2ncc(C(=O)O)c(O)n2)cc1. The summed E-state index contributed by atoms with van der Waals surface area (Å²) in [6.07, 6.45) is 1.02. The molecule has 4 N–H and O–H groups in total. The molecule has 2 amide bonds. The third-order valence-electron chi connectivity index (χ3n) is 3.22. The number of hydrogen-bond donors (Lipinski definition) is 4. The van der Waals surface area contributed by atoms with Gasteiger partial charge < -0.3 is 20.8 Å². The van der Waals surface area contributed by atoms with E-state index in [9.17, 15) is 19.5 Å². The molecule has 0 fully saturated rings. The van der Waals surface area contributed by atoms with E-state index in [4.69, 9.17) is 5.11 Å². The fraction of sp³-hybridized carbons (Fsp3) is 0.188. The van der Waals surface area contributed by atoms with Gasteiger partial charge in [-0.2, -0.15) is 4.98 Å². The maximum Gasteiger partial charge on any atom is 0.342 e. The number of nitrogens with zero attached hydrogens (tertiary/aromatic N) is 2. The van der Waals surface area contributed by atoms with Crippen LogP contribution in [0.5, 0.6) is 5.88 Å². The first-order valence-electron chi connectivity index (χ1n) is 7.25. The summed E-state index contributed by atoms with van der Waals surface area (Å²) >= 11 is 0. The highest BCUT2D eigenvalue weighted by atomic mass is 16.4. The van der Waals surface area contributed by atoms with Crippen LogP contribution >= 0.6 is 0 Å². The standard InChI is InChI=1S/C16H16N4O5/c1-8(18-9(2)21)14(22)19-11-5-3-10(4-6-11)13-17-7-12(16(24)25)15(23)20-13/h3-8H,1-2H3,(H,18,21)(H,19,22)(H,24,25)(H,17,20,23)/t8-/m0/s1. The lowest BCUT2D eigenvalue weighted by atomic mass is 10.2. The smallest absolute Gasteiger partial charge is 0.342 e. The molecule has 1 heterocycles. The van der Waals surface area contributed by atoms with Crippen LogP contribution in [0.25, 0.3) is 11.4 Å². The molecule has 0 aliphatic heterocycles. The molecule has 0 aliphatic rings. The Labute approximate surface area is 142 Å². The van der Waals surface area contributed by atoms with E-state index < -0.39 is 17.9 Å². The third kappa shape index (κ3) is 4.50. The van der Waals surface area contributed by atoms with E-state index in [0.717, 1.165) is 6.20 Å². The molecule has 0 bridgehead atoms. The van der Waals surface area contributed by atoms with Gasteiger partial charge in [0.15, 0.2) is 5.82 Å². The van der Waals surface area contributed by atoms with E-state index in [1.807, 2.05) is 0 Å². The molecule has 1 aromatic heterocycles. The molecule has 0 saturated carbocycles. The fourth-order valence-electron chi connectivity index (χ4n) is 1.99. The van der Waals surface area contributed by atoms with Crippen LogP contribution in [0.2, 0.25) is 0 Å². The predicted octanol–water partition coefficient (Wildman–Crippen LogP) is 1.01. The molecule has 0 saturated heterocycles. The van der Waals surface area contributed by atoms with Crippen LogP contribution < -0.4 is 10.6 Å². The van der Waals surface area contributed by atoms with Gasteiger partial charge in [0.25, 0.3) is 0 Å². The number of aromatic carboxylic acids is 1. The number of rotatable bonds is 5. The lowest BCUT2D eigenvalue weighted by Crippen LogP contribution is -2.40. The van der Waals surface area contributed by atoms with Crippen LogP contribution in [0.3, 0.4) is 0 Å². The zero-order valence-corrected chi connectivity index (χ0v) is 13.5. The second-order valence-corrected chi connectivity index (χ2v) is 5.22. The molecule has 2 rings (SSSR count). The van der Waals surface area contributed by atoms with Crippen molar-refractivity contribution in [1.29, 1.82) is 0 Å². The van der Waals surface area contributed by atoms with Crippen LogP contribution in [-0.2, 0) is 9.59 Å². The molecule has 9 nitrogen and oxygen atoms in total. The number of carboxylic acid groups (broad SMARTS) is 1. The highest BCUT2D eigenvalue weighted by Crippen LogP contribution is 2.21. The predicted molar refractivity (Wildman–Crippen MR) is 88.0 cm³/mol. The molecule has 0 radical (unpaired) electrons. The number of aromatic nitrogens is 2. The normalized spacial score (nSPS) is 11.4. The number of amides is 2. The van der Waals surface area contributed by atoms with Gasteiger partial charge in [0.1, 0.15) is 11.6 Å². The molecular formula is C16H16N4O5. The molecule has 0 unspecified atom stereocenters. The summed E-state index contributed by atoms with van der Waals surface area (Å²) in [4.78, 5) is 41.3. The Bertz CT molecular complexity index is 820. The Morgan fingerprint density at radius 2 is 1.80 bits per heavy atom. The number of benzene rings is 1. The lowest BCUT2D eigenvalue weighted by Gasteiger charge is -2.13. The van der Waals surface area contributed by atoms with Crippen molar-refractivity contribution in [2.24, 2.45) is 0 Å². The van der Waals surface area contributed by atoms with Gasteiger partial charge in [-0.25, -0.2) is 9.78 Å². The minimum Gasteiger partial charge on any atom is -0.493 e. The summed E-state index contributed by atoms with van der Waals surface area (Å²) < 4.78 is 0. The first-order valence-corrected chi connectivity index (χ1v) is 7.25. The monoisotopic (exact) mass is 344 g/mol. The summed E-state index contributed by atoms with van der Waals surface area (Å²) in [6.45, 7) is 2.88. The Kier molecular flexibility index (Phi) is 5.28. The van der Waals surface area contributed by atoms with Crippen molar-refractivity contribution in [3.63, 3.8) is 0 Å². The number of anilines is 1. The number of aromatic hydroxyl groups is 1. The molecule has 0 spiro atoms. The van der Waals surface area contributed by atoms with Gasteiger partial charge in [-0.15, -0.1) is 0 Å². The van der Waals surface area contributed by atoms with Gasteiger partial charge in [-0.05, 0) is 31.2 Å². The number of hydrogen-bond acceptors (Lipinski definition) is 6. The Balaban J connectivity index is 2.12. The van der Waals surface area contributed by atoms with Gasteiger partial charge in [0, 0.05) is 24.4 Å². The largest absolute Gasteiger partial charge is 0.493 e. The lowest BCUT2D eigenvalue weighted by molar-refractivity contribution is -0.124. The molecular weight excluding hydrogens is 328 g/mol. The fourth-order valence-corrected chi connectivity index (χ4v) is 1.99. The second kappa shape index (κ2) is 7.39. The zero-order chi connectivity index (χ0) is 18.6. The first-order chi connectivity index (χ1) is 11.8.